The molecule has 3 aromatic heterocycles. The van der Waals surface area contributed by atoms with Gasteiger partial charge in [-0.1, -0.05) is 0 Å². The second-order valence-electron chi connectivity index (χ2n) is 7.01. The average Bonchev–Trinajstić information content (AvgIpc) is 3.55. The zero-order chi connectivity index (χ0) is 20.5. The largest absolute Gasteiger partial charge is 0.431 e. The molecule has 0 saturated heterocycles. The Labute approximate surface area is 167 Å². The number of pyridine rings is 3. The Balaban J connectivity index is 1.76. The summed E-state index contributed by atoms with van der Waals surface area (Å²) in [6.07, 6.45) is 5.25. The van der Waals surface area contributed by atoms with Gasteiger partial charge in [0.05, 0.1) is 21.9 Å². The van der Waals surface area contributed by atoms with E-state index >= 15 is 0 Å². The number of ether oxygens (including phenoxy) is 1. The summed E-state index contributed by atoms with van der Waals surface area (Å²) < 4.78 is 5.91. The normalized spacial score (nSPS) is 13.0. The summed E-state index contributed by atoms with van der Waals surface area (Å²) in [5.41, 5.74) is 3.67. The minimum absolute atomic E-state index is 0.123. The standard InChI is InChI=1S/C21H17N5O3/c1-12-7-18(15-3-4-15)24-13(2)20(12)29-21-19(26(27)28)6-5-17(25-21)16-8-14(9-22)10-23-11-16/h5-8,10-11,15H,3-4H2,1-2H3. The van der Waals surface area contributed by atoms with Crippen molar-refractivity contribution < 1.29 is 9.66 Å². The first-order chi connectivity index (χ1) is 14.0. The van der Waals surface area contributed by atoms with Crippen molar-refractivity contribution in [1.82, 2.24) is 15.0 Å². The molecule has 29 heavy (non-hydrogen) atoms. The summed E-state index contributed by atoms with van der Waals surface area (Å²) in [6, 6.07) is 8.46. The lowest BCUT2D eigenvalue weighted by molar-refractivity contribution is -0.386. The van der Waals surface area contributed by atoms with Gasteiger partial charge in [0.15, 0.2) is 5.75 Å². The zero-order valence-corrected chi connectivity index (χ0v) is 15.9. The highest BCUT2D eigenvalue weighted by atomic mass is 16.6. The van der Waals surface area contributed by atoms with Crippen LogP contribution < -0.4 is 4.74 Å². The molecule has 3 heterocycles. The van der Waals surface area contributed by atoms with Crippen LogP contribution in [0.1, 0.15) is 41.3 Å². The van der Waals surface area contributed by atoms with Crippen LogP contribution in [0.3, 0.4) is 0 Å². The van der Waals surface area contributed by atoms with E-state index in [0.29, 0.717) is 34.2 Å². The van der Waals surface area contributed by atoms with Gasteiger partial charge in [-0.3, -0.25) is 20.1 Å². The Bertz CT molecular complexity index is 1140. The molecule has 0 N–H and O–H groups in total. The molecule has 8 heteroatoms. The van der Waals surface area contributed by atoms with Gasteiger partial charge in [0.1, 0.15) is 6.07 Å². The number of rotatable bonds is 5. The van der Waals surface area contributed by atoms with Gasteiger partial charge in [-0.2, -0.15) is 5.26 Å². The van der Waals surface area contributed by atoms with Gasteiger partial charge < -0.3 is 4.74 Å². The fraction of sp³-hybridized carbons (Fsp3) is 0.238. The Kier molecular flexibility index (Phi) is 4.64. The summed E-state index contributed by atoms with van der Waals surface area (Å²) in [7, 11) is 0. The molecule has 0 aliphatic heterocycles. The second kappa shape index (κ2) is 7.28. The molecule has 1 fully saturated rings. The van der Waals surface area contributed by atoms with Crippen molar-refractivity contribution in [2.45, 2.75) is 32.6 Å². The Morgan fingerprint density at radius 3 is 2.66 bits per heavy atom. The molecular formula is C21H17N5O3. The number of hydrogen-bond acceptors (Lipinski definition) is 7. The molecular weight excluding hydrogens is 370 g/mol. The predicted octanol–water partition coefficient (Wildman–Crippen LogP) is 4.61. The Morgan fingerprint density at radius 1 is 1.21 bits per heavy atom. The summed E-state index contributed by atoms with van der Waals surface area (Å²) >= 11 is 0. The molecule has 1 aliphatic carbocycles. The molecule has 0 amide bonds. The van der Waals surface area contributed by atoms with Crippen molar-refractivity contribution in [1.29, 1.82) is 5.26 Å². The van der Waals surface area contributed by atoms with Crippen molar-refractivity contribution in [3.8, 4) is 29.0 Å². The Morgan fingerprint density at radius 2 is 2.00 bits per heavy atom. The highest BCUT2D eigenvalue weighted by Gasteiger charge is 2.27. The fourth-order valence-corrected chi connectivity index (χ4v) is 3.14. The van der Waals surface area contributed by atoms with Crippen molar-refractivity contribution in [2.24, 2.45) is 0 Å². The molecule has 144 valence electrons. The third kappa shape index (κ3) is 3.75. The smallest absolute Gasteiger partial charge is 0.331 e. The summed E-state index contributed by atoms with van der Waals surface area (Å²) in [4.78, 5) is 23.9. The van der Waals surface area contributed by atoms with E-state index < -0.39 is 4.92 Å². The predicted molar refractivity (Wildman–Crippen MR) is 105 cm³/mol. The minimum atomic E-state index is -0.535. The molecule has 3 aromatic rings. The van der Waals surface area contributed by atoms with Crippen LogP contribution in [-0.4, -0.2) is 19.9 Å². The third-order valence-corrected chi connectivity index (χ3v) is 4.74. The number of hydrogen-bond donors (Lipinski definition) is 0. The number of aryl methyl sites for hydroxylation is 2. The van der Waals surface area contributed by atoms with Crippen molar-refractivity contribution in [3.63, 3.8) is 0 Å². The first kappa shape index (κ1) is 18.5. The minimum Gasteiger partial charge on any atom is -0.431 e. The molecule has 0 bridgehead atoms. The molecule has 8 nitrogen and oxygen atoms in total. The average molecular weight is 387 g/mol. The molecule has 0 aromatic carbocycles. The van der Waals surface area contributed by atoms with Gasteiger partial charge in [-0.25, -0.2) is 4.98 Å². The molecule has 1 aliphatic rings. The van der Waals surface area contributed by atoms with E-state index in [1.807, 2.05) is 26.0 Å². The number of nitro groups is 1. The highest BCUT2D eigenvalue weighted by Crippen LogP contribution is 2.41. The highest BCUT2D eigenvalue weighted by molar-refractivity contribution is 5.63. The summed E-state index contributed by atoms with van der Waals surface area (Å²) in [5.74, 6) is 0.838. The first-order valence-electron chi connectivity index (χ1n) is 9.13. The SMILES string of the molecule is Cc1cc(C2CC2)nc(C)c1Oc1nc(-c2cncc(C#N)c2)ccc1[N+](=O)[O-]. The van der Waals surface area contributed by atoms with Gasteiger partial charge in [-0.05, 0) is 50.5 Å². The molecule has 0 atom stereocenters. The van der Waals surface area contributed by atoms with Gasteiger partial charge in [0.25, 0.3) is 5.88 Å². The van der Waals surface area contributed by atoms with Gasteiger partial charge >= 0.3 is 5.69 Å². The summed E-state index contributed by atoms with van der Waals surface area (Å²) in [5, 5.41) is 20.6. The van der Waals surface area contributed by atoms with Crippen LogP contribution in [0.4, 0.5) is 5.69 Å². The lowest BCUT2D eigenvalue weighted by Gasteiger charge is -2.13. The number of nitrogens with zero attached hydrogens (tertiary/aromatic N) is 5. The van der Waals surface area contributed by atoms with Gasteiger partial charge in [-0.15, -0.1) is 0 Å². The maximum atomic E-state index is 11.5. The quantitative estimate of drug-likeness (QED) is 0.464. The van der Waals surface area contributed by atoms with Crippen LogP contribution in [0.5, 0.6) is 11.6 Å². The van der Waals surface area contributed by atoms with E-state index in [9.17, 15) is 10.1 Å². The van der Waals surface area contributed by atoms with Crippen molar-refractivity contribution >= 4 is 5.69 Å². The van der Waals surface area contributed by atoms with Crippen LogP contribution in [-0.2, 0) is 0 Å². The topological polar surface area (TPSA) is 115 Å². The van der Waals surface area contributed by atoms with E-state index in [-0.39, 0.29) is 11.6 Å². The van der Waals surface area contributed by atoms with E-state index in [2.05, 4.69) is 15.0 Å². The third-order valence-electron chi connectivity index (χ3n) is 4.74. The van der Waals surface area contributed by atoms with Crippen molar-refractivity contribution in [3.05, 3.63) is 69.3 Å². The van der Waals surface area contributed by atoms with Gasteiger partial charge in [0.2, 0.25) is 0 Å². The van der Waals surface area contributed by atoms with E-state index in [0.717, 1.165) is 24.1 Å². The fourth-order valence-electron chi connectivity index (χ4n) is 3.14. The lowest BCUT2D eigenvalue weighted by atomic mass is 10.1. The molecule has 0 radical (unpaired) electrons. The van der Waals surface area contributed by atoms with Crippen LogP contribution in [0.25, 0.3) is 11.3 Å². The van der Waals surface area contributed by atoms with Crippen molar-refractivity contribution in [2.75, 3.05) is 0 Å². The maximum Gasteiger partial charge on any atom is 0.331 e. The summed E-state index contributed by atoms with van der Waals surface area (Å²) in [6.45, 7) is 3.72. The van der Waals surface area contributed by atoms with E-state index in [4.69, 9.17) is 10.00 Å². The van der Waals surface area contributed by atoms with Crippen LogP contribution in [0.15, 0.2) is 36.7 Å². The zero-order valence-electron chi connectivity index (χ0n) is 15.9. The second-order valence-corrected chi connectivity index (χ2v) is 7.01. The maximum absolute atomic E-state index is 11.5. The number of nitriles is 1. The molecule has 1 saturated carbocycles. The molecule has 4 rings (SSSR count). The molecule has 0 spiro atoms. The van der Waals surface area contributed by atoms with Crippen LogP contribution in [0, 0.1) is 35.3 Å². The van der Waals surface area contributed by atoms with Gasteiger partial charge in [0, 0.05) is 35.6 Å². The van der Waals surface area contributed by atoms with Crippen LogP contribution >= 0.6 is 0 Å². The Hall–Kier alpha value is -3.86. The van der Waals surface area contributed by atoms with E-state index in [1.54, 1.807) is 12.3 Å². The first-order valence-corrected chi connectivity index (χ1v) is 9.13. The monoisotopic (exact) mass is 387 g/mol. The number of aromatic nitrogens is 3. The van der Waals surface area contributed by atoms with Crippen LogP contribution in [0.2, 0.25) is 0 Å². The van der Waals surface area contributed by atoms with E-state index in [1.165, 1.54) is 18.3 Å². The lowest BCUT2D eigenvalue weighted by Crippen LogP contribution is -2.02. The molecule has 0 unspecified atom stereocenters.